The molecule has 7 nitrogen and oxygen atoms in total. The fourth-order valence-electron chi connectivity index (χ4n) is 3.44. The smallest absolute Gasteiger partial charge is 0.264 e. The monoisotopic (exact) mass is 461 g/mol. The van der Waals surface area contributed by atoms with Crippen LogP contribution in [0.1, 0.15) is 21.5 Å². The molecular formula is C25H23N3O4S. The third-order valence-corrected chi connectivity index (χ3v) is 5.36. The van der Waals surface area contributed by atoms with Crippen molar-refractivity contribution in [1.82, 2.24) is 10.3 Å². The van der Waals surface area contributed by atoms with E-state index < -0.39 is 5.91 Å². The Labute approximate surface area is 196 Å². The van der Waals surface area contributed by atoms with Gasteiger partial charge in [-0.3, -0.25) is 10.1 Å². The first kappa shape index (κ1) is 22.3. The Morgan fingerprint density at radius 2 is 1.73 bits per heavy atom. The molecule has 8 heteroatoms. The zero-order valence-electron chi connectivity index (χ0n) is 18.7. The summed E-state index contributed by atoms with van der Waals surface area (Å²) in [6, 6.07) is 16.7. The molecule has 3 aromatic carbocycles. The second kappa shape index (κ2) is 9.30. The standard InChI is InChI=1S/C25H23N3O4S/c1-14-8-11-17-21(12-14)32-24(26-17)16-10-9-15(2)18(13-16)27-25(33)28-23(29)22-19(30-3)6-5-7-20(22)31-4/h5-13H,1-4H3,(H2,27,28,29,33). The first-order valence-corrected chi connectivity index (χ1v) is 10.6. The van der Waals surface area contributed by atoms with Gasteiger partial charge in [0.1, 0.15) is 22.6 Å². The number of nitrogens with zero attached hydrogens (tertiary/aromatic N) is 1. The van der Waals surface area contributed by atoms with Crippen molar-refractivity contribution in [3.05, 3.63) is 71.3 Å². The van der Waals surface area contributed by atoms with Crippen molar-refractivity contribution < 1.29 is 18.7 Å². The van der Waals surface area contributed by atoms with Crippen molar-refractivity contribution >= 4 is 40.0 Å². The molecule has 0 saturated heterocycles. The van der Waals surface area contributed by atoms with E-state index >= 15 is 0 Å². The van der Waals surface area contributed by atoms with Gasteiger partial charge in [-0.1, -0.05) is 18.2 Å². The van der Waals surface area contributed by atoms with Gasteiger partial charge in [-0.15, -0.1) is 0 Å². The number of rotatable bonds is 5. The fourth-order valence-corrected chi connectivity index (χ4v) is 3.64. The molecule has 1 amide bonds. The summed E-state index contributed by atoms with van der Waals surface area (Å²) in [5.41, 5.74) is 5.34. The first-order valence-electron chi connectivity index (χ1n) is 10.2. The fraction of sp³-hybridized carbons (Fsp3) is 0.160. The summed E-state index contributed by atoms with van der Waals surface area (Å²) in [7, 11) is 2.98. The number of oxazole rings is 1. The van der Waals surface area contributed by atoms with Gasteiger partial charge in [0.15, 0.2) is 10.7 Å². The third-order valence-electron chi connectivity index (χ3n) is 5.16. The number of benzene rings is 3. The van der Waals surface area contributed by atoms with E-state index in [9.17, 15) is 4.79 Å². The second-order valence-corrected chi connectivity index (χ2v) is 7.87. The van der Waals surface area contributed by atoms with Crippen LogP contribution in [0.15, 0.2) is 59.0 Å². The van der Waals surface area contributed by atoms with Crippen LogP contribution in [0.5, 0.6) is 11.5 Å². The zero-order chi connectivity index (χ0) is 23.5. The first-order chi connectivity index (χ1) is 15.9. The van der Waals surface area contributed by atoms with Crippen molar-refractivity contribution in [1.29, 1.82) is 0 Å². The van der Waals surface area contributed by atoms with Crippen molar-refractivity contribution in [2.75, 3.05) is 19.5 Å². The third kappa shape index (κ3) is 4.65. The number of aryl methyl sites for hydroxylation is 2. The van der Waals surface area contributed by atoms with Crippen molar-refractivity contribution in [2.45, 2.75) is 13.8 Å². The maximum absolute atomic E-state index is 12.9. The zero-order valence-corrected chi connectivity index (χ0v) is 19.5. The van der Waals surface area contributed by atoms with Gasteiger partial charge >= 0.3 is 0 Å². The number of hydrogen-bond acceptors (Lipinski definition) is 6. The van der Waals surface area contributed by atoms with Crippen LogP contribution in [0, 0.1) is 13.8 Å². The van der Waals surface area contributed by atoms with Gasteiger partial charge in [-0.05, 0) is 73.6 Å². The van der Waals surface area contributed by atoms with Gasteiger partial charge in [0.05, 0.1) is 14.2 Å². The predicted octanol–water partition coefficient (Wildman–Crippen LogP) is 5.26. The van der Waals surface area contributed by atoms with Gasteiger partial charge < -0.3 is 19.2 Å². The Balaban J connectivity index is 1.56. The van der Waals surface area contributed by atoms with Gasteiger partial charge in [-0.25, -0.2) is 4.98 Å². The molecule has 0 spiro atoms. The summed E-state index contributed by atoms with van der Waals surface area (Å²) >= 11 is 5.39. The molecule has 0 saturated carbocycles. The van der Waals surface area contributed by atoms with Crippen molar-refractivity contribution in [3.8, 4) is 23.0 Å². The minimum absolute atomic E-state index is 0.140. The van der Waals surface area contributed by atoms with Crippen LogP contribution in [-0.2, 0) is 0 Å². The number of ether oxygens (including phenoxy) is 2. The number of nitrogens with one attached hydrogen (secondary N) is 2. The summed E-state index contributed by atoms with van der Waals surface area (Å²) in [6.07, 6.45) is 0. The summed E-state index contributed by atoms with van der Waals surface area (Å²) in [6.45, 7) is 3.95. The maximum Gasteiger partial charge on any atom is 0.264 e. The lowest BCUT2D eigenvalue weighted by molar-refractivity contribution is 0.0971. The molecule has 0 radical (unpaired) electrons. The molecule has 0 fully saturated rings. The minimum Gasteiger partial charge on any atom is -0.496 e. The summed E-state index contributed by atoms with van der Waals surface area (Å²) in [5.74, 6) is 0.843. The van der Waals surface area contributed by atoms with Gasteiger partial charge in [0.25, 0.3) is 5.91 Å². The summed E-state index contributed by atoms with van der Waals surface area (Å²) < 4.78 is 16.5. The Morgan fingerprint density at radius 1 is 1.00 bits per heavy atom. The van der Waals surface area contributed by atoms with Gasteiger partial charge in [0.2, 0.25) is 5.89 Å². The topological polar surface area (TPSA) is 85.6 Å². The Kier molecular flexibility index (Phi) is 6.28. The van der Waals surface area contributed by atoms with Gasteiger partial charge in [0, 0.05) is 11.3 Å². The lowest BCUT2D eigenvalue weighted by atomic mass is 10.1. The quantitative estimate of drug-likeness (QED) is 0.392. The molecule has 1 heterocycles. The molecule has 33 heavy (non-hydrogen) atoms. The normalized spacial score (nSPS) is 10.7. The molecule has 0 unspecified atom stereocenters. The molecule has 4 rings (SSSR count). The average Bonchev–Trinajstić information content (AvgIpc) is 3.22. The Bertz CT molecular complexity index is 1340. The molecule has 0 atom stereocenters. The van der Waals surface area contributed by atoms with E-state index in [4.69, 9.17) is 26.1 Å². The molecule has 0 aliphatic rings. The molecule has 1 aromatic heterocycles. The highest BCUT2D eigenvalue weighted by Crippen LogP contribution is 2.29. The minimum atomic E-state index is -0.440. The number of carbonyl (C=O) groups is 1. The van der Waals surface area contributed by atoms with Gasteiger partial charge in [-0.2, -0.15) is 0 Å². The van der Waals surface area contributed by atoms with E-state index in [0.717, 1.165) is 33.5 Å². The highest BCUT2D eigenvalue weighted by atomic mass is 32.1. The van der Waals surface area contributed by atoms with E-state index in [1.807, 2.05) is 50.2 Å². The highest BCUT2D eigenvalue weighted by molar-refractivity contribution is 7.80. The van der Waals surface area contributed by atoms with Crippen LogP contribution in [0.3, 0.4) is 0 Å². The van der Waals surface area contributed by atoms with E-state index in [2.05, 4.69) is 15.6 Å². The SMILES string of the molecule is COc1cccc(OC)c1C(=O)NC(=S)Nc1cc(-c2nc3ccc(C)cc3o2)ccc1C. The maximum atomic E-state index is 12.9. The molecule has 0 aliphatic heterocycles. The number of fused-ring (bicyclic) bond motifs is 1. The average molecular weight is 462 g/mol. The summed E-state index contributed by atoms with van der Waals surface area (Å²) in [4.78, 5) is 17.5. The molecule has 4 aromatic rings. The van der Waals surface area contributed by atoms with E-state index in [1.165, 1.54) is 14.2 Å². The Morgan fingerprint density at radius 3 is 2.42 bits per heavy atom. The van der Waals surface area contributed by atoms with Crippen LogP contribution in [0.2, 0.25) is 0 Å². The number of methoxy groups -OCH3 is 2. The number of aromatic nitrogens is 1. The highest BCUT2D eigenvalue weighted by Gasteiger charge is 2.19. The van der Waals surface area contributed by atoms with Crippen LogP contribution in [-0.4, -0.2) is 30.2 Å². The van der Waals surface area contributed by atoms with Crippen molar-refractivity contribution in [2.24, 2.45) is 0 Å². The van der Waals surface area contributed by atoms with E-state index in [1.54, 1.807) is 18.2 Å². The molecular weight excluding hydrogens is 438 g/mol. The summed E-state index contributed by atoms with van der Waals surface area (Å²) in [5, 5.41) is 5.92. The van der Waals surface area contributed by atoms with Crippen LogP contribution in [0.25, 0.3) is 22.6 Å². The van der Waals surface area contributed by atoms with Crippen LogP contribution in [0.4, 0.5) is 5.69 Å². The van der Waals surface area contributed by atoms with Crippen LogP contribution < -0.4 is 20.1 Å². The number of hydrogen-bond donors (Lipinski definition) is 2. The number of thiocarbonyl (C=S) groups is 1. The van der Waals surface area contributed by atoms with E-state index in [-0.39, 0.29) is 10.7 Å². The van der Waals surface area contributed by atoms with Crippen LogP contribution >= 0.6 is 12.2 Å². The predicted molar refractivity (Wildman–Crippen MR) is 132 cm³/mol. The second-order valence-electron chi connectivity index (χ2n) is 7.47. The van der Waals surface area contributed by atoms with Crippen molar-refractivity contribution in [3.63, 3.8) is 0 Å². The Hall–Kier alpha value is -3.91. The number of amides is 1. The number of carbonyl (C=O) groups excluding carboxylic acids is 1. The number of anilines is 1. The lowest BCUT2D eigenvalue weighted by Crippen LogP contribution is -2.34. The molecule has 168 valence electrons. The molecule has 0 aliphatic carbocycles. The lowest BCUT2D eigenvalue weighted by Gasteiger charge is -2.15. The molecule has 2 N–H and O–H groups in total. The van der Waals surface area contributed by atoms with E-state index in [0.29, 0.717) is 17.4 Å². The molecule has 0 bridgehead atoms. The largest absolute Gasteiger partial charge is 0.496 e.